The fourth-order valence-electron chi connectivity index (χ4n) is 2.04. The Bertz CT molecular complexity index is 699. The van der Waals surface area contributed by atoms with E-state index in [1.54, 1.807) is 24.3 Å². The van der Waals surface area contributed by atoms with E-state index in [9.17, 15) is 8.42 Å². The third-order valence-electron chi connectivity index (χ3n) is 3.37. The van der Waals surface area contributed by atoms with Gasteiger partial charge in [-0.3, -0.25) is 0 Å². The van der Waals surface area contributed by atoms with Gasteiger partial charge in [0.1, 0.15) is 0 Å². The highest BCUT2D eigenvalue weighted by Crippen LogP contribution is 2.25. The number of hydrogen-bond acceptors (Lipinski definition) is 2. The summed E-state index contributed by atoms with van der Waals surface area (Å²) in [4.78, 5) is 0.274. The third-order valence-corrected chi connectivity index (χ3v) is 6.10. The van der Waals surface area contributed by atoms with Crippen LogP contribution in [-0.2, 0) is 15.6 Å². The first-order chi connectivity index (χ1) is 9.87. The molecule has 0 bridgehead atoms. The molecule has 3 nitrogen and oxygen atoms in total. The molecule has 0 fully saturated rings. The Morgan fingerprint density at radius 1 is 1.05 bits per heavy atom. The van der Waals surface area contributed by atoms with E-state index >= 15 is 0 Å². The number of aryl methyl sites for hydroxylation is 1. The van der Waals surface area contributed by atoms with Crippen molar-refractivity contribution in [2.45, 2.75) is 24.3 Å². The van der Waals surface area contributed by atoms with Gasteiger partial charge in [0, 0.05) is 5.33 Å². The van der Waals surface area contributed by atoms with Crippen molar-refractivity contribution >= 4 is 26.0 Å². The second kappa shape index (κ2) is 6.30. The first kappa shape index (κ1) is 16.2. The smallest absolute Gasteiger partial charge is 0.207 e. The number of rotatable bonds is 5. The molecule has 2 aromatic rings. The average molecular weight is 368 g/mol. The highest BCUT2D eigenvalue weighted by atomic mass is 79.9. The van der Waals surface area contributed by atoms with Crippen LogP contribution in [0.25, 0.3) is 0 Å². The molecule has 1 N–H and O–H groups in total. The maximum atomic E-state index is 12.6. The van der Waals surface area contributed by atoms with E-state index in [1.165, 1.54) is 0 Å². The molecular formula is C16H18BrNO2S. The Hall–Kier alpha value is -1.17. The molecule has 0 saturated carbocycles. The molecule has 0 radical (unpaired) electrons. The Labute approximate surface area is 134 Å². The van der Waals surface area contributed by atoms with Gasteiger partial charge in [0.25, 0.3) is 0 Å². The molecule has 1 unspecified atom stereocenters. The van der Waals surface area contributed by atoms with Crippen molar-refractivity contribution in [1.29, 1.82) is 0 Å². The van der Waals surface area contributed by atoms with Crippen LogP contribution in [0.3, 0.4) is 0 Å². The fourth-order valence-corrected chi connectivity index (χ4v) is 4.09. The number of alkyl halides is 1. The van der Waals surface area contributed by atoms with Gasteiger partial charge in [-0.25, -0.2) is 13.1 Å². The number of hydrogen-bond donors (Lipinski definition) is 1. The summed E-state index contributed by atoms with van der Waals surface area (Å²) in [6, 6.07) is 16.4. The summed E-state index contributed by atoms with van der Waals surface area (Å²) in [6.07, 6.45) is 0. The van der Waals surface area contributed by atoms with Crippen molar-refractivity contribution in [3.05, 3.63) is 65.7 Å². The minimum Gasteiger partial charge on any atom is -0.207 e. The minimum absolute atomic E-state index is 0.274. The van der Waals surface area contributed by atoms with Crippen molar-refractivity contribution in [1.82, 2.24) is 4.72 Å². The van der Waals surface area contributed by atoms with Gasteiger partial charge in [-0.2, -0.15) is 0 Å². The van der Waals surface area contributed by atoms with Crippen molar-refractivity contribution < 1.29 is 8.42 Å². The molecule has 0 heterocycles. The van der Waals surface area contributed by atoms with Crippen LogP contribution in [0.15, 0.2) is 59.5 Å². The van der Waals surface area contributed by atoms with E-state index in [2.05, 4.69) is 20.7 Å². The lowest BCUT2D eigenvalue weighted by atomic mass is 9.96. The zero-order chi connectivity index (χ0) is 15.5. The molecule has 1 atom stereocenters. The van der Waals surface area contributed by atoms with Gasteiger partial charge in [0.05, 0.1) is 10.4 Å². The van der Waals surface area contributed by atoms with Crippen molar-refractivity contribution in [2.24, 2.45) is 0 Å². The fraction of sp³-hybridized carbons (Fsp3) is 0.250. The van der Waals surface area contributed by atoms with Gasteiger partial charge in [-0.15, -0.1) is 0 Å². The number of benzene rings is 2. The molecule has 0 aliphatic carbocycles. The molecule has 0 spiro atoms. The first-order valence-electron chi connectivity index (χ1n) is 6.59. The first-order valence-corrected chi connectivity index (χ1v) is 9.20. The minimum atomic E-state index is -3.57. The highest BCUT2D eigenvalue weighted by molar-refractivity contribution is 9.09. The Balaban J connectivity index is 2.35. The van der Waals surface area contributed by atoms with Crippen molar-refractivity contribution in [3.8, 4) is 0 Å². The van der Waals surface area contributed by atoms with E-state index in [-0.39, 0.29) is 4.90 Å². The van der Waals surface area contributed by atoms with Crippen molar-refractivity contribution in [2.75, 3.05) is 5.33 Å². The van der Waals surface area contributed by atoms with E-state index in [0.29, 0.717) is 5.33 Å². The van der Waals surface area contributed by atoms with Gasteiger partial charge in [0.2, 0.25) is 10.0 Å². The summed E-state index contributed by atoms with van der Waals surface area (Å²) in [7, 11) is -3.57. The highest BCUT2D eigenvalue weighted by Gasteiger charge is 2.31. The Kier molecular flexibility index (Phi) is 4.86. The molecule has 0 aliphatic rings. The normalized spacial score (nSPS) is 14.6. The summed E-state index contributed by atoms with van der Waals surface area (Å²) < 4.78 is 27.9. The van der Waals surface area contributed by atoms with Gasteiger partial charge >= 0.3 is 0 Å². The number of nitrogens with one attached hydrogen (secondary N) is 1. The monoisotopic (exact) mass is 367 g/mol. The van der Waals surface area contributed by atoms with E-state index < -0.39 is 15.6 Å². The van der Waals surface area contributed by atoms with Gasteiger partial charge < -0.3 is 0 Å². The predicted octanol–water partition coefficient (Wildman–Crippen LogP) is 3.58. The Morgan fingerprint density at radius 2 is 1.62 bits per heavy atom. The maximum Gasteiger partial charge on any atom is 0.241 e. The molecule has 0 saturated heterocycles. The van der Waals surface area contributed by atoms with Crippen LogP contribution in [0.1, 0.15) is 18.1 Å². The topological polar surface area (TPSA) is 46.2 Å². The molecule has 0 aliphatic heterocycles. The van der Waals surface area contributed by atoms with Crippen LogP contribution in [0.4, 0.5) is 0 Å². The standard InChI is InChI=1S/C16H18BrNO2S/c1-13-8-10-15(11-9-13)21(19,20)18-16(2,12-17)14-6-4-3-5-7-14/h3-11,18H,12H2,1-2H3. The molecule has 0 amide bonds. The zero-order valence-electron chi connectivity index (χ0n) is 12.0. The summed E-state index contributed by atoms with van der Waals surface area (Å²) in [5.41, 5.74) is 1.24. The van der Waals surface area contributed by atoms with E-state index in [1.807, 2.05) is 44.2 Å². The van der Waals surface area contributed by atoms with Crippen LogP contribution in [-0.4, -0.2) is 13.7 Å². The molecule has 112 valence electrons. The second-order valence-electron chi connectivity index (χ2n) is 5.25. The SMILES string of the molecule is Cc1ccc(S(=O)(=O)NC(C)(CBr)c2ccccc2)cc1. The van der Waals surface area contributed by atoms with Gasteiger partial charge in [0.15, 0.2) is 0 Å². The third kappa shape index (κ3) is 3.73. The van der Waals surface area contributed by atoms with Gasteiger partial charge in [-0.05, 0) is 31.5 Å². The van der Waals surface area contributed by atoms with Crippen LogP contribution >= 0.6 is 15.9 Å². The van der Waals surface area contributed by atoms with Crippen molar-refractivity contribution in [3.63, 3.8) is 0 Å². The summed E-state index contributed by atoms with van der Waals surface area (Å²) >= 11 is 3.42. The van der Waals surface area contributed by atoms with E-state index in [0.717, 1.165) is 11.1 Å². The van der Waals surface area contributed by atoms with E-state index in [4.69, 9.17) is 0 Å². The summed E-state index contributed by atoms with van der Waals surface area (Å²) in [5.74, 6) is 0. The largest absolute Gasteiger partial charge is 0.241 e. The lowest BCUT2D eigenvalue weighted by Crippen LogP contribution is -2.44. The van der Waals surface area contributed by atoms with Crippen LogP contribution < -0.4 is 4.72 Å². The molecule has 2 aromatic carbocycles. The molecule has 0 aromatic heterocycles. The zero-order valence-corrected chi connectivity index (χ0v) is 14.4. The predicted molar refractivity (Wildman–Crippen MR) is 89.1 cm³/mol. The number of sulfonamides is 1. The summed E-state index contributed by atoms with van der Waals surface area (Å²) in [6.45, 7) is 3.79. The van der Waals surface area contributed by atoms with Crippen LogP contribution in [0.5, 0.6) is 0 Å². The maximum absolute atomic E-state index is 12.6. The average Bonchev–Trinajstić information content (AvgIpc) is 2.48. The Morgan fingerprint density at radius 3 is 2.14 bits per heavy atom. The number of halogens is 1. The van der Waals surface area contributed by atoms with Crippen LogP contribution in [0.2, 0.25) is 0 Å². The van der Waals surface area contributed by atoms with Gasteiger partial charge in [-0.1, -0.05) is 64.0 Å². The summed E-state index contributed by atoms with van der Waals surface area (Å²) in [5, 5.41) is 0.481. The lowest BCUT2D eigenvalue weighted by Gasteiger charge is -2.29. The quantitative estimate of drug-likeness (QED) is 0.820. The lowest BCUT2D eigenvalue weighted by molar-refractivity contribution is 0.482. The molecular weight excluding hydrogens is 350 g/mol. The molecule has 21 heavy (non-hydrogen) atoms. The second-order valence-corrected chi connectivity index (χ2v) is 7.49. The molecule has 5 heteroatoms. The molecule has 2 rings (SSSR count). The van der Waals surface area contributed by atoms with Crippen LogP contribution in [0, 0.1) is 6.92 Å².